The molecule has 0 unspecified atom stereocenters. The van der Waals surface area contributed by atoms with Crippen molar-refractivity contribution in [2.45, 2.75) is 63.6 Å². The Morgan fingerprint density at radius 2 is 1.63 bits per heavy atom. The SMILES string of the molecule is O=C(O)CC[C@H](NC(=O)N[C@@H](CCCCCN(CC(=O)O)Cc1ccccn1)CC(=O)O)C(=O)O. The standard InChI is InChI=1S/C22H32N4O9/c27-18(28)9-8-17(21(33)34)25-22(35)24-15(12-19(29)30)6-2-1-5-11-26(14-20(31)32)13-16-7-3-4-10-23-16/h3-4,7,10,15,17H,1-2,5-6,8-9,11-14H2,(H,27,28)(H,29,30)(H,31,32)(H,33,34)(H2,24,25,35)/t15-,17-/m0/s1. The summed E-state index contributed by atoms with van der Waals surface area (Å²) in [5.74, 6) is -4.70. The normalized spacial score (nSPS) is 12.5. The van der Waals surface area contributed by atoms with Gasteiger partial charge in [0.2, 0.25) is 0 Å². The molecule has 0 radical (unpaired) electrons. The van der Waals surface area contributed by atoms with Gasteiger partial charge in [0.1, 0.15) is 6.04 Å². The van der Waals surface area contributed by atoms with E-state index in [0.29, 0.717) is 38.8 Å². The predicted octanol–water partition coefficient (Wildman–Crippen LogP) is 0.989. The number of pyridine rings is 1. The molecule has 194 valence electrons. The van der Waals surface area contributed by atoms with Crippen LogP contribution in [0.3, 0.4) is 0 Å². The van der Waals surface area contributed by atoms with E-state index in [4.69, 9.17) is 20.4 Å². The fraction of sp³-hybridized carbons (Fsp3) is 0.545. The zero-order valence-electron chi connectivity index (χ0n) is 19.3. The monoisotopic (exact) mass is 496 g/mol. The number of aliphatic carboxylic acids is 4. The molecule has 0 aromatic carbocycles. The number of carbonyl (C=O) groups excluding carboxylic acids is 1. The van der Waals surface area contributed by atoms with Crippen LogP contribution >= 0.6 is 0 Å². The molecule has 13 nitrogen and oxygen atoms in total. The lowest BCUT2D eigenvalue weighted by Crippen LogP contribution is -2.49. The molecular formula is C22H32N4O9. The summed E-state index contributed by atoms with van der Waals surface area (Å²) in [5.41, 5.74) is 0.744. The van der Waals surface area contributed by atoms with Crippen molar-refractivity contribution in [3.05, 3.63) is 30.1 Å². The minimum absolute atomic E-state index is 0.146. The van der Waals surface area contributed by atoms with Crippen LogP contribution in [-0.4, -0.2) is 85.4 Å². The molecule has 0 aliphatic rings. The highest BCUT2D eigenvalue weighted by Crippen LogP contribution is 2.10. The molecule has 0 spiro atoms. The van der Waals surface area contributed by atoms with Crippen LogP contribution in [0.1, 0.15) is 50.6 Å². The minimum Gasteiger partial charge on any atom is -0.481 e. The van der Waals surface area contributed by atoms with Crippen molar-refractivity contribution in [3.63, 3.8) is 0 Å². The molecule has 1 heterocycles. The average Bonchev–Trinajstić information content (AvgIpc) is 2.75. The van der Waals surface area contributed by atoms with Crippen LogP contribution in [0.25, 0.3) is 0 Å². The molecule has 0 aliphatic heterocycles. The summed E-state index contributed by atoms with van der Waals surface area (Å²) in [6.45, 7) is 0.722. The summed E-state index contributed by atoms with van der Waals surface area (Å²) in [6, 6.07) is 2.32. The second kappa shape index (κ2) is 16.0. The molecule has 0 aliphatic carbocycles. The van der Waals surface area contributed by atoms with Crippen LogP contribution < -0.4 is 10.6 Å². The van der Waals surface area contributed by atoms with E-state index in [-0.39, 0.29) is 19.4 Å². The molecule has 35 heavy (non-hydrogen) atoms. The van der Waals surface area contributed by atoms with E-state index in [9.17, 15) is 24.0 Å². The van der Waals surface area contributed by atoms with Gasteiger partial charge in [-0.3, -0.25) is 24.3 Å². The van der Waals surface area contributed by atoms with Gasteiger partial charge in [0.25, 0.3) is 0 Å². The Labute approximate surface area is 202 Å². The van der Waals surface area contributed by atoms with Gasteiger partial charge >= 0.3 is 29.9 Å². The minimum atomic E-state index is -1.42. The van der Waals surface area contributed by atoms with Gasteiger partial charge < -0.3 is 31.1 Å². The molecule has 0 fully saturated rings. The highest BCUT2D eigenvalue weighted by Gasteiger charge is 2.23. The molecule has 1 aromatic heterocycles. The highest BCUT2D eigenvalue weighted by molar-refractivity contribution is 5.83. The molecule has 6 N–H and O–H groups in total. The van der Waals surface area contributed by atoms with E-state index >= 15 is 0 Å². The van der Waals surface area contributed by atoms with Crippen molar-refractivity contribution in [2.75, 3.05) is 13.1 Å². The van der Waals surface area contributed by atoms with Crippen LogP contribution in [0.15, 0.2) is 24.4 Å². The zero-order valence-corrected chi connectivity index (χ0v) is 19.3. The van der Waals surface area contributed by atoms with Crippen molar-refractivity contribution >= 4 is 29.9 Å². The van der Waals surface area contributed by atoms with E-state index in [1.165, 1.54) is 0 Å². The van der Waals surface area contributed by atoms with Gasteiger partial charge in [0, 0.05) is 25.2 Å². The number of carbonyl (C=O) groups is 5. The van der Waals surface area contributed by atoms with Crippen LogP contribution in [-0.2, 0) is 25.7 Å². The quantitative estimate of drug-likeness (QED) is 0.158. The van der Waals surface area contributed by atoms with Crippen molar-refractivity contribution in [2.24, 2.45) is 0 Å². The summed E-state index contributed by atoms with van der Waals surface area (Å²) in [6.07, 6.45) is 2.64. The molecule has 1 rings (SSSR count). The zero-order chi connectivity index (χ0) is 26.2. The number of hydrogen-bond acceptors (Lipinski definition) is 7. The number of carboxylic acids is 4. The Kier molecular flexibility index (Phi) is 13.4. The van der Waals surface area contributed by atoms with Gasteiger partial charge in [-0.1, -0.05) is 18.9 Å². The maximum atomic E-state index is 12.2. The predicted molar refractivity (Wildman–Crippen MR) is 122 cm³/mol. The number of amides is 2. The number of carboxylic acid groups (broad SMARTS) is 4. The number of nitrogens with one attached hydrogen (secondary N) is 2. The average molecular weight is 497 g/mol. The topological polar surface area (TPSA) is 206 Å². The Balaban J connectivity index is 2.51. The lowest BCUT2D eigenvalue weighted by Gasteiger charge is -2.21. The first kappa shape index (κ1) is 29.3. The van der Waals surface area contributed by atoms with E-state index in [1.54, 1.807) is 23.2 Å². The fourth-order valence-corrected chi connectivity index (χ4v) is 3.38. The molecule has 0 saturated heterocycles. The van der Waals surface area contributed by atoms with E-state index in [0.717, 1.165) is 5.69 Å². The largest absolute Gasteiger partial charge is 0.481 e. The van der Waals surface area contributed by atoms with Gasteiger partial charge in [0.15, 0.2) is 0 Å². The molecule has 1 aromatic rings. The summed E-state index contributed by atoms with van der Waals surface area (Å²) in [4.78, 5) is 62.3. The van der Waals surface area contributed by atoms with Crippen LogP contribution in [0.4, 0.5) is 4.79 Å². The second-order valence-corrected chi connectivity index (χ2v) is 8.01. The number of unbranched alkanes of at least 4 members (excludes halogenated alkanes) is 2. The first-order valence-corrected chi connectivity index (χ1v) is 11.1. The lowest BCUT2D eigenvalue weighted by atomic mass is 10.1. The number of urea groups is 1. The first-order chi connectivity index (χ1) is 16.6. The molecular weight excluding hydrogens is 464 g/mol. The Morgan fingerprint density at radius 1 is 0.886 bits per heavy atom. The maximum absolute atomic E-state index is 12.2. The fourth-order valence-electron chi connectivity index (χ4n) is 3.38. The molecule has 13 heteroatoms. The van der Waals surface area contributed by atoms with E-state index in [2.05, 4.69) is 15.6 Å². The first-order valence-electron chi connectivity index (χ1n) is 11.1. The maximum Gasteiger partial charge on any atom is 0.326 e. The number of aromatic nitrogens is 1. The molecule has 2 amide bonds. The summed E-state index contributed by atoms with van der Waals surface area (Å²) in [5, 5.41) is 40.7. The lowest BCUT2D eigenvalue weighted by molar-refractivity contribution is -0.141. The number of nitrogens with zero attached hydrogens (tertiary/aromatic N) is 2. The summed E-state index contributed by atoms with van der Waals surface area (Å²) >= 11 is 0. The van der Waals surface area contributed by atoms with Gasteiger partial charge in [-0.25, -0.2) is 9.59 Å². The van der Waals surface area contributed by atoms with Crippen molar-refractivity contribution in [3.8, 4) is 0 Å². The molecule has 0 bridgehead atoms. The van der Waals surface area contributed by atoms with Crippen molar-refractivity contribution in [1.29, 1.82) is 0 Å². The third-order valence-corrected chi connectivity index (χ3v) is 5.00. The van der Waals surface area contributed by atoms with Crippen molar-refractivity contribution in [1.82, 2.24) is 20.5 Å². The van der Waals surface area contributed by atoms with Crippen LogP contribution in [0, 0.1) is 0 Å². The third kappa shape index (κ3) is 14.2. The summed E-state index contributed by atoms with van der Waals surface area (Å²) < 4.78 is 0. The molecule has 2 atom stereocenters. The second-order valence-electron chi connectivity index (χ2n) is 8.01. The Morgan fingerprint density at radius 3 is 2.20 bits per heavy atom. The van der Waals surface area contributed by atoms with Crippen LogP contribution in [0.5, 0.6) is 0 Å². The van der Waals surface area contributed by atoms with Gasteiger partial charge in [0.05, 0.1) is 18.7 Å². The highest BCUT2D eigenvalue weighted by atomic mass is 16.4. The van der Waals surface area contributed by atoms with Gasteiger partial charge in [-0.05, 0) is 37.9 Å². The van der Waals surface area contributed by atoms with Crippen LogP contribution in [0.2, 0.25) is 0 Å². The smallest absolute Gasteiger partial charge is 0.326 e. The van der Waals surface area contributed by atoms with E-state index in [1.807, 2.05) is 6.07 Å². The summed E-state index contributed by atoms with van der Waals surface area (Å²) in [7, 11) is 0. The Bertz CT molecular complexity index is 851. The van der Waals surface area contributed by atoms with Gasteiger partial charge in [-0.2, -0.15) is 0 Å². The Hall–Kier alpha value is -3.74. The van der Waals surface area contributed by atoms with E-state index < -0.39 is 48.4 Å². The third-order valence-electron chi connectivity index (χ3n) is 5.00. The van der Waals surface area contributed by atoms with Gasteiger partial charge in [-0.15, -0.1) is 0 Å². The van der Waals surface area contributed by atoms with Crippen molar-refractivity contribution < 1.29 is 44.4 Å². The number of rotatable bonds is 18. The number of hydrogen-bond donors (Lipinski definition) is 6. The molecule has 0 saturated carbocycles.